The molecular weight excluding hydrogens is 366 g/mol. The predicted molar refractivity (Wildman–Crippen MR) is 119 cm³/mol. The van der Waals surface area contributed by atoms with Gasteiger partial charge in [-0.3, -0.25) is 10.2 Å². The number of hydrazone groups is 1. The van der Waals surface area contributed by atoms with Crippen LogP contribution in [0.5, 0.6) is 0 Å². The second kappa shape index (κ2) is 9.70. The fourth-order valence-electron chi connectivity index (χ4n) is 3.48. The van der Waals surface area contributed by atoms with E-state index in [-0.39, 0.29) is 12.1 Å². The first-order valence-electron chi connectivity index (χ1n) is 9.68. The van der Waals surface area contributed by atoms with Crippen molar-refractivity contribution >= 4 is 41.1 Å². The first-order chi connectivity index (χ1) is 14.1. The third kappa shape index (κ3) is 5.55. The Hall–Kier alpha value is -3.39. The van der Waals surface area contributed by atoms with Crippen molar-refractivity contribution in [3.05, 3.63) is 48.0 Å². The third-order valence-electron chi connectivity index (χ3n) is 4.94. The van der Waals surface area contributed by atoms with Crippen molar-refractivity contribution in [1.29, 1.82) is 5.41 Å². The number of benzene rings is 2. The molecule has 0 unspecified atom stereocenters. The van der Waals surface area contributed by atoms with Crippen LogP contribution in [-0.2, 0) is 0 Å². The van der Waals surface area contributed by atoms with Gasteiger partial charge in [0.2, 0.25) is 0 Å². The predicted octanol–water partition coefficient (Wildman–Crippen LogP) is 3.26. The van der Waals surface area contributed by atoms with E-state index in [1.807, 2.05) is 36.4 Å². The monoisotopic (exact) mass is 393 g/mol. The molecule has 0 aromatic heterocycles. The quantitative estimate of drug-likeness (QED) is 0.301. The number of amides is 1. The van der Waals surface area contributed by atoms with E-state index in [4.69, 9.17) is 16.9 Å². The van der Waals surface area contributed by atoms with Crippen molar-refractivity contribution in [3.8, 4) is 0 Å². The second-order valence-electron chi connectivity index (χ2n) is 7.09. The lowest BCUT2D eigenvalue weighted by Crippen LogP contribution is -2.42. The highest BCUT2D eigenvalue weighted by Crippen LogP contribution is 2.28. The number of hydrogen-bond donors (Lipinski definition) is 6. The molecule has 152 valence electrons. The maximum Gasteiger partial charge on any atom is 0.250 e. The molecule has 0 aliphatic heterocycles. The van der Waals surface area contributed by atoms with Gasteiger partial charge < -0.3 is 27.5 Å². The molecule has 0 heterocycles. The lowest BCUT2D eigenvalue weighted by molar-refractivity contribution is 0.100. The van der Waals surface area contributed by atoms with Gasteiger partial charge >= 0.3 is 0 Å². The van der Waals surface area contributed by atoms with Crippen molar-refractivity contribution in [2.75, 3.05) is 16.1 Å². The molecule has 3 rings (SSSR count). The lowest BCUT2D eigenvalue weighted by Gasteiger charge is -2.30. The summed E-state index contributed by atoms with van der Waals surface area (Å²) in [7, 11) is 0. The smallest absolute Gasteiger partial charge is 0.250 e. The molecule has 1 fully saturated rings. The van der Waals surface area contributed by atoms with E-state index in [9.17, 15) is 4.79 Å². The van der Waals surface area contributed by atoms with Crippen LogP contribution in [0.1, 0.15) is 36.0 Å². The summed E-state index contributed by atoms with van der Waals surface area (Å²) in [6, 6.07) is 13.2. The molecule has 8 nitrogen and oxygen atoms in total. The normalized spacial score (nSPS) is 18.9. The summed E-state index contributed by atoms with van der Waals surface area (Å²) < 4.78 is 0. The molecule has 1 aliphatic carbocycles. The summed E-state index contributed by atoms with van der Waals surface area (Å²) in [5, 5.41) is 17.6. The fourth-order valence-corrected chi connectivity index (χ4v) is 3.48. The minimum absolute atomic E-state index is 0.125. The summed E-state index contributed by atoms with van der Waals surface area (Å²) in [5.74, 6) is -0.502. The van der Waals surface area contributed by atoms with Gasteiger partial charge in [0.1, 0.15) is 0 Å². The van der Waals surface area contributed by atoms with Gasteiger partial charge in [-0.15, -0.1) is 0 Å². The van der Waals surface area contributed by atoms with Crippen LogP contribution in [0.3, 0.4) is 0 Å². The second-order valence-corrected chi connectivity index (χ2v) is 7.09. The minimum atomic E-state index is -0.502. The number of rotatable bonds is 8. The Morgan fingerprint density at radius 1 is 1.10 bits per heavy atom. The average Bonchev–Trinajstić information content (AvgIpc) is 2.70. The van der Waals surface area contributed by atoms with E-state index in [2.05, 4.69) is 21.2 Å². The van der Waals surface area contributed by atoms with Gasteiger partial charge in [0.15, 0.2) is 0 Å². The molecule has 1 saturated carbocycles. The summed E-state index contributed by atoms with van der Waals surface area (Å²) in [4.78, 5) is 11.9. The lowest BCUT2D eigenvalue weighted by atomic mass is 9.91. The molecule has 0 radical (unpaired) electrons. The van der Waals surface area contributed by atoms with Gasteiger partial charge in [0.05, 0.1) is 23.2 Å². The zero-order chi connectivity index (χ0) is 20.6. The van der Waals surface area contributed by atoms with E-state index < -0.39 is 5.91 Å². The van der Waals surface area contributed by atoms with E-state index >= 15 is 0 Å². The van der Waals surface area contributed by atoms with Crippen molar-refractivity contribution in [2.45, 2.75) is 37.8 Å². The Morgan fingerprint density at radius 3 is 2.66 bits per heavy atom. The number of carbonyl (C=O) groups is 1. The molecule has 0 spiro atoms. The van der Waals surface area contributed by atoms with Gasteiger partial charge in [-0.2, -0.15) is 5.10 Å². The zero-order valence-electron chi connectivity index (χ0n) is 16.2. The molecular formula is C21H27N7O. The summed E-state index contributed by atoms with van der Waals surface area (Å²) in [5.41, 5.74) is 18.1. The summed E-state index contributed by atoms with van der Waals surface area (Å²) in [6.07, 6.45) is 6.81. The Morgan fingerprint density at radius 2 is 1.90 bits per heavy atom. The molecule has 8 heteroatoms. The first-order valence-corrected chi connectivity index (χ1v) is 9.68. The molecule has 1 amide bonds. The number of anilines is 4. The molecule has 2 aromatic rings. The largest absolute Gasteiger partial charge is 0.381 e. The number of nitrogens with two attached hydrogens (primary N) is 2. The SMILES string of the molecule is N=C/C=N\Nc1cccc(Nc2cc(N[C@@H]3CCCC[C@@H]3N)ccc2C(N)=O)c1. The van der Waals surface area contributed by atoms with Crippen LogP contribution < -0.4 is 27.5 Å². The van der Waals surface area contributed by atoms with E-state index in [0.717, 1.165) is 42.5 Å². The Labute approximate surface area is 170 Å². The van der Waals surface area contributed by atoms with Gasteiger partial charge in [-0.25, -0.2) is 0 Å². The fraction of sp³-hybridized carbons (Fsp3) is 0.286. The number of hydrogen-bond acceptors (Lipinski definition) is 7. The maximum absolute atomic E-state index is 11.9. The average molecular weight is 393 g/mol. The molecule has 2 aromatic carbocycles. The van der Waals surface area contributed by atoms with Gasteiger partial charge in [-0.1, -0.05) is 18.9 Å². The molecule has 2 atom stereocenters. The number of nitrogens with zero attached hydrogens (tertiary/aromatic N) is 1. The Balaban J connectivity index is 1.81. The summed E-state index contributed by atoms with van der Waals surface area (Å²) >= 11 is 0. The van der Waals surface area contributed by atoms with E-state index in [1.165, 1.54) is 12.6 Å². The topological polar surface area (TPSA) is 141 Å². The summed E-state index contributed by atoms with van der Waals surface area (Å²) in [6.45, 7) is 0. The van der Waals surface area contributed by atoms with Crippen LogP contribution in [0.2, 0.25) is 0 Å². The van der Waals surface area contributed by atoms with E-state index in [1.54, 1.807) is 6.07 Å². The maximum atomic E-state index is 11.9. The number of carbonyl (C=O) groups excluding carboxylic acids is 1. The highest BCUT2D eigenvalue weighted by atomic mass is 16.1. The Bertz CT molecular complexity index is 896. The van der Waals surface area contributed by atoms with Crippen LogP contribution in [0.25, 0.3) is 0 Å². The van der Waals surface area contributed by atoms with Crippen molar-refractivity contribution in [2.24, 2.45) is 16.6 Å². The van der Waals surface area contributed by atoms with Crippen LogP contribution in [0, 0.1) is 5.41 Å². The van der Waals surface area contributed by atoms with Gasteiger partial charge in [0.25, 0.3) is 5.91 Å². The van der Waals surface area contributed by atoms with E-state index in [0.29, 0.717) is 11.3 Å². The molecule has 1 aliphatic rings. The van der Waals surface area contributed by atoms with Crippen LogP contribution in [-0.4, -0.2) is 30.4 Å². The van der Waals surface area contributed by atoms with Gasteiger partial charge in [0, 0.05) is 29.7 Å². The zero-order valence-corrected chi connectivity index (χ0v) is 16.2. The highest BCUT2D eigenvalue weighted by Gasteiger charge is 2.22. The van der Waals surface area contributed by atoms with Crippen LogP contribution in [0.4, 0.5) is 22.7 Å². The molecule has 29 heavy (non-hydrogen) atoms. The standard InChI is InChI=1S/C21H27N7O/c22-10-11-25-28-16-5-3-4-14(12-16)27-20-13-15(8-9-17(20)21(24)29)26-19-7-2-1-6-18(19)23/h3-5,8-13,18-19,22,26-28H,1-2,6-7,23H2,(H2,24,29)/b22-10?,25-11-/t18-,19+/m0/s1. The molecule has 0 saturated heterocycles. The highest BCUT2D eigenvalue weighted by molar-refractivity contribution is 6.14. The van der Waals surface area contributed by atoms with Crippen molar-refractivity contribution < 1.29 is 4.79 Å². The van der Waals surface area contributed by atoms with Crippen molar-refractivity contribution in [3.63, 3.8) is 0 Å². The Kier molecular flexibility index (Phi) is 6.80. The van der Waals surface area contributed by atoms with Crippen LogP contribution >= 0.6 is 0 Å². The number of primary amides is 1. The molecule has 0 bridgehead atoms. The third-order valence-corrected chi connectivity index (χ3v) is 4.94. The first kappa shape index (κ1) is 20.3. The van der Waals surface area contributed by atoms with Gasteiger partial charge in [-0.05, 0) is 49.2 Å². The van der Waals surface area contributed by atoms with Crippen LogP contribution in [0.15, 0.2) is 47.6 Å². The van der Waals surface area contributed by atoms with Crippen molar-refractivity contribution in [1.82, 2.24) is 0 Å². The number of nitrogens with one attached hydrogen (secondary N) is 4. The molecule has 8 N–H and O–H groups in total. The minimum Gasteiger partial charge on any atom is -0.381 e.